The Morgan fingerprint density at radius 2 is 2.14 bits per heavy atom. The molecule has 3 heterocycles. The Hall–Kier alpha value is -2.67. The second-order valence-electron chi connectivity index (χ2n) is 4.38. The Kier molecular flexibility index (Phi) is 3.64. The first-order chi connectivity index (χ1) is 10.6. The Morgan fingerprint density at radius 1 is 1.32 bits per heavy atom. The minimum atomic E-state index is -0.565. The van der Waals surface area contributed by atoms with Gasteiger partial charge in [0, 0.05) is 11.8 Å². The molecule has 0 spiro atoms. The van der Waals surface area contributed by atoms with Crippen LogP contribution in [0.3, 0.4) is 0 Å². The second kappa shape index (κ2) is 5.61. The van der Waals surface area contributed by atoms with E-state index >= 15 is 0 Å². The molecular weight excluding hydrogens is 310 g/mol. The highest BCUT2D eigenvalue weighted by atomic mass is 35.5. The molecular formula is C14H10ClN3O4. The highest BCUT2D eigenvalue weighted by Gasteiger charge is 2.21. The van der Waals surface area contributed by atoms with Crippen molar-refractivity contribution < 1.29 is 18.4 Å². The lowest BCUT2D eigenvalue weighted by molar-refractivity contribution is 0.0565. The molecule has 0 atom stereocenters. The normalized spacial score (nSPS) is 10.7. The molecule has 112 valence electrons. The summed E-state index contributed by atoms with van der Waals surface area (Å²) in [5.41, 5.74) is 1.57. The third-order valence-corrected chi connectivity index (χ3v) is 3.16. The van der Waals surface area contributed by atoms with E-state index in [0.717, 1.165) is 0 Å². The van der Waals surface area contributed by atoms with E-state index in [9.17, 15) is 4.79 Å². The maximum Gasteiger partial charge on any atom is 0.374 e. The Balaban J connectivity index is 2.16. The number of methoxy groups -OCH3 is 1. The molecule has 7 nitrogen and oxygen atoms in total. The van der Waals surface area contributed by atoms with Crippen molar-refractivity contribution in [3.8, 4) is 22.8 Å². The molecule has 0 amide bonds. The molecule has 22 heavy (non-hydrogen) atoms. The minimum Gasteiger partial charge on any atom is -0.463 e. The lowest BCUT2D eigenvalue weighted by Gasteiger charge is -2.03. The van der Waals surface area contributed by atoms with Crippen LogP contribution in [-0.4, -0.2) is 28.0 Å². The number of nitrogens with zero attached hydrogens (tertiary/aromatic N) is 3. The average Bonchev–Trinajstić information content (AvgIpc) is 3.16. The van der Waals surface area contributed by atoms with Crippen molar-refractivity contribution >= 4 is 17.6 Å². The molecule has 0 saturated heterocycles. The predicted octanol–water partition coefficient (Wildman–Crippen LogP) is 3.14. The molecule has 3 rings (SSSR count). The van der Waals surface area contributed by atoms with Crippen LogP contribution < -0.4 is 0 Å². The Bertz CT molecular complexity index is 827. The van der Waals surface area contributed by atoms with Crippen LogP contribution in [-0.2, 0) is 4.74 Å². The molecule has 0 aliphatic rings. The highest BCUT2D eigenvalue weighted by molar-refractivity contribution is 6.28. The zero-order valence-electron chi connectivity index (χ0n) is 11.7. The van der Waals surface area contributed by atoms with Crippen LogP contribution in [0, 0.1) is 6.92 Å². The van der Waals surface area contributed by atoms with Crippen molar-refractivity contribution in [2.45, 2.75) is 6.92 Å². The maximum absolute atomic E-state index is 11.7. The first kappa shape index (κ1) is 14.3. The molecule has 0 aliphatic heterocycles. The minimum absolute atomic E-state index is 0.0481. The third kappa shape index (κ3) is 2.46. The van der Waals surface area contributed by atoms with Gasteiger partial charge in [0.25, 0.3) is 0 Å². The molecule has 0 aromatic carbocycles. The van der Waals surface area contributed by atoms with Crippen molar-refractivity contribution in [1.29, 1.82) is 0 Å². The third-order valence-electron chi connectivity index (χ3n) is 2.98. The summed E-state index contributed by atoms with van der Waals surface area (Å²) in [5, 5.41) is 0.0481. The number of halogens is 1. The van der Waals surface area contributed by atoms with Crippen LogP contribution in [0.15, 0.2) is 33.7 Å². The summed E-state index contributed by atoms with van der Waals surface area (Å²) in [6.45, 7) is 1.73. The number of carbonyl (C=O) groups is 1. The molecule has 0 N–H and O–H groups in total. The fourth-order valence-corrected chi connectivity index (χ4v) is 2.10. The van der Waals surface area contributed by atoms with E-state index in [1.54, 1.807) is 13.0 Å². The van der Waals surface area contributed by atoms with Gasteiger partial charge in [-0.05, 0) is 24.6 Å². The van der Waals surface area contributed by atoms with Gasteiger partial charge in [0.15, 0.2) is 17.9 Å². The largest absolute Gasteiger partial charge is 0.463 e. The Morgan fingerprint density at radius 3 is 2.82 bits per heavy atom. The number of furan rings is 1. The molecule has 0 fully saturated rings. The van der Waals surface area contributed by atoms with E-state index in [0.29, 0.717) is 28.3 Å². The van der Waals surface area contributed by atoms with Crippen LogP contribution in [0.25, 0.3) is 22.8 Å². The summed E-state index contributed by atoms with van der Waals surface area (Å²) < 4.78 is 15.5. The number of aromatic nitrogens is 3. The number of aryl methyl sites for hydroxylation is 1. The van der Waals surface area contributed by atoms with E-state index in [1.165, 1.54) is 25.9 Å². The predicted molar refractivity (Wildman–Crippen MR) is 76.3 cm³/mol. The molecule has 3 aromatic rings. The van der Waals surface area contributed by atoms with Gasteiger partial charge in [0.2, 0.25) is 11.0 Å². The zero-order valence-corrected chi connectivity index (χ0v) is 12.4. The van der Waals surface area contributed by atoms with Gasteiger partial charge in [-0.15, -0.1) is 0 Å². The smallest absolute Gasteiger partial charge is 0.374 e. The molecule has 0 bridgehead atoms. The molecule has 0 saturated carbocycles. The summed E-state index contributed by atoms with van der Waals surface area (Å²) >= 11 is 5.86. The fraction of sp³-hybridized carbons (Fsp3) is 0.143. The van der Waals surface area contributed by atoms with Crippen molar-refractivity contribution in [2.75, 3.05) is 7.11 Å². The van der Waals surface area contributed by atoms with Crippen molar-refractivity contribution in [3.05, 3.63) is 41.5 Å². The van der Waals surface area contributed by atoms with Gasteiger partial charge >= 0.3 is 5.97 Å². The van der Waals surface area contributed by atoms with E-state index in [1.807, 2.05) is 0 Å². The quantitative estimate of drug-likeness (QED) is 0.541. The number of hydrogen-bond acceptors (Lipinski definition) is 7. The van der Waals surface area contributed by atoms with Crippen molar-refractivity contribution in [1.82, 2.24) is 15.0 Å². The topological polar surface area (TPSA) is 91.2 Å². The summed E-state index contributed by atoms with van der Waals surface area (Å²) in [6.07, 6.45) is 4.31. The molecule has 0 unspecified atom stereocenters. The highest BCUT2D eigenvalue weighted by Crippen LogP contribution is 2.33. The van der Waals surface area contributed by atoms with Gasteiger partial charge < -0.3 is 13.6 Å². The van der Waals surface area contributed by atoms with Gasteiger partial charge in [0.05, 0.1) is 18.9 Å². The molecule has 3 aromatic heterocycles. The summed E-state index contributed by atoms with van der Waals surface area (Å²) in [6, 6.07) is 1.67. The number of carbonyl (C=O) groups excluding carboxylic acids is 1. The SMILES string of the molecule is COC(=O)c1oc(-c2nc(Cl)ncc2-c2cnco2)cc1C. The van der Waals surface area contributed by atoms with E-state index in [4.69, 9.17) is 20.4 Å². The molecule has 0 aliphatic carbocycles. The number of rotatable bonds is 3. The summed E-state index contributed by atoms with van der Waals surface area (Å²) in [4.78, 5) is 23.6. The van der Waals surface area contributed by atoms with Gasteiger partial charge in [0.1, 0.15) is 5.69 Å². The van der Waals surface area contributed by atoms with Crippen LogP contribution in [0.1, 0.15) is 16.1 Å². The van der Waals surface area contributed by atoms with Gasteiger partial charge in [-0.2, -0.15) is 0 Å². The van der Waals surface area contributed by atoms with Crippen molar-refractivity contribution in [3.63, 3.8) is 0 Å². The van der Waals surface area contributed by atoms with Crippen LogP contribution in [0.4, 0.5) is 0 Å². The zero-order chi connectivity index (χ0) is 15.7. The number of hydrogen-bond donors (Lipinski definition) is 0. The lowest BCUT2D eigenvalue weighted by Crippen LogP contribution is -2.00. The summed E-state index contributed by atoms with van der Waals surface area (Å²) in [5.74, 6) is 0.356. The van der Waals surface area contributed by atoms with Gasteiger partial charge in [-0.25, -0.2) is 19.7 Å². The van der Waals surface area contributed by atoms with Gasteiger partial charge in [-0.1, -0.05) is 0 Å². The van der Waals surface area contributed by atoms with E-state index in [-0.39, 0.29) is 11.0 Å². The van der Waals surface area contributed by atoms with Gasteiger partial charge in [-0.3, -0.25) is 0 Å². The molecule has 0 radical (unpaired) electrons. The number of oxazole rings is 1. The second-order valence-corrected chi connectivity index (χ2v) is 4.72. The number of esters is 1. The average molecular weight is 320 g/mol. The van der Waals surface area contributed by atoms with E-state index in [2.05, 4.69) is 19.7 Å². The van der Waals surface area contributed by atoms with Crippen molar-refractivity contribution in [2.24, 2.45) is 0 Å². The fourth-order valence-electron chi connectivity index (χ4n) is 1.97. The van der Waals surface area contributed by atoms with E-state index < -0.39 is 5.97 Å². The van der Waals surface area contributed by atoms with Crippen LogP contribution in [0.2, 0.25) is 5.28 Å². The van der Waals surface area contributed by atoms with Crippen LogP contribution >= 0.6 is 11.6 Å². The standard InChI is InChI=1S/C14H10ClN3O4/c1-7-3-9(22-12(7)13(19)20-2)11-8(4-17-14(15)18-11)10-5-16-6-21-10/h3-6H,1-2H3. The monoisotopic (exact) mass is 319 g/mol. The Labute approximate surface area is 129 Å². The first-order valence-electron chi connectivity index (χ1n) is 6.20. The van der Waals surface area contributed by atoms with Crippen LogP contribution in [0.5, 0.6) is 0 Å². The number of ether oxygens (including phenoxy) is 1. The maximum atomic E-state index is 11.7. The summed E-state index contributed by atoms with van der Waals surface area (Å²) in [7, 11) is 1.28. The lowest BCUT2D eigenvalue weighted by atomic mass is 10.1. The first-order valence-corrected chi connectivity index (χ1v) is 6.58. The molecule has 8 heteroatoms.